The van der Waals surface area contributed by atoms with Crippen LogP contribution in [0.15, 0.2) is 35.1 Å². The van der Waals surface area contributed by atoms with Crippen molar-refractivity contribution in [1.82, 2.24) is 9.97 Å². The minimum Gasteiger partial charge on any atom is -0.422 e. The molecule has 0 fully saturated rings. The third-order valence-electron chi connectivity index (χ3n) is 2.31. The summed E-state index contributed by atoms with van der Waals surface area (Å²) < 4.78 is 6.36. The van der Waals surface area contributed by atoms with Gasteiger partial charge in [-0.25, -0.2) is 9.97 Å². The van der Waals surface area contributed by atoms with E-state index in [2.05, 4.69) is 25.9 Å². The molecule has 0 aliphatic carbocycles. The average molecular weight is 309 g/mol. The zero-order chi connectivity index (χ0) is 13.1. The van der Waals surface area contributed by atoms with E-state index in [-0.39, 0.29) is 6.01 Å². The molecule has 2 aromatic rings. The van der Waals surface area contributed by atoms with Crippen LogP contribution in [0.3, 0.4) is 0 Å². The summed E-state index contributed by atoms with van der Waals surface area (Å²) in [5.41, 5.74) is 7.40. The molecule has 6 heteroatoms. The molecule has 1 aromatic carbocycles. The van der Waals surface area contributed by atoms with Gasteiger partial charge in [-0.05, 0) is 28.1 Å². The van der Waals surface area contributed by atoms with Crippen molar-refractivity contribution in [2.75, 3.05) is 24.7 Å². The van der Waals surface area contributed by atoms with Crippen LogP contribution < -0.4 is 15.4 Å². The largest absolute Gasteiger partial charge is 0.422 e. The smallest absolute Gasteiger partial charge is 0.322 e. The Morgan fingerprint density at radius 1 is 1.22 bits per heavy atom. The molecule has 0 atom stereocenters. The van der Waals surface area contributed by atoms with Crippen molar-refractivity contribution in [1.29, 1.82) is 0 Å². The maximum atomic E-state index is 5.86. The normalized spacial score (nSPS) is 10.2. The fraction of sp³-hybridized carbons (Fsp3) is 0.167. The van der Waals surface area contributed by atoms with Crippen molar-refractivity contribution in [3.05, 3.63) is 35.1 Å². The van der Waals surface area contributed by atoms with Gasteiger partial charge in [0.2, 0.25) is 0 Å². The van der Waals surface area contributed by atoms with Crippen molar-refractivity contribution < 1.29 is 4.74 Å². The molecule has 2 N–H and O–H groups in total. The first-order chi connectivity index (χ1) is 8.56. The molecule has 0 radical (unpaired) electrons. The minimum atomic E-state index is 0.265. The van der Waals surface area contributed by atoms with Gasteiger partial charge in [-0.2, -0.15) is 0 Å². The van der Waals surface area contributed by atoms with Gasteiger partial charge in [0.1, 0.15) is 0 Å². The van der Waals surface area contributed by atoms with E-state index in [0.717, 1.165) is 10.2 Å². The van der Waals surface area contributed by atoms with Crippen LogP contribution in [0.2, 0.25) is 0 Å². The third-order valence-corrected chi connectivity index (χ3v) is 2.72. The number of nitrogen functional groups attached to an aromatic ring is 1. The van der Waals surface area contributed by atoms with Gasteiger partial charge in [-0.3, -0.25) is 0 Å². The Balaban J connectivity index is 2.27. The summed E-state index contributed by atoms with van der Waals surface area (Å²) in [6.07, 6.45) is 3.24. The number of halogens is 1. The molecule has 18 heavy (non-hydrogen) atoms. The molecule has 0 amide bonds. The Kier molecular flexibility index (Phi) is 3.66. The lowest BCUT2D eigenvalue weighted by Gasteiger charge is -2.14. The number of nitrogens with two attached hydrogens (primary N) is 1. The monoisotopic (exact) mass is 308 g/mol. The summed E-state index contributed by atoms with van der Waals surface area (Å²) in [4.78, 5) is 10.0. The topological polar surface area (TPSA) is 64.3 Å². The van der Waals surface area contributed by atoms with Gasteiger partial charge in [0.15, 0.2) is 5.75 Å². The number of benzene rings is 1. The second kappa shape index (κ2) is 5.22. The number of hydrogen-bond acceptors (Lipinski definition) is 5. The van der Waals surface area contributed by atoms with Crippen molar-refractivity contribution >= 4 is 27.3 Å². The van der Waals surface area contributed by atoms with Crippen molar-refractivity contribution in [3.8, 4) is 11.8 Å². The van der Waals surface area contributed by atoms with E-state index >= 15 is 0 Å². The van der Waals surface area contributed by atoms with Crippen LogP contribution in [0.5, 0.6) is 11.8 Å². The van der Waals surface area contributed by atoms with Crippen LogP contribution >= 0.6 is 15.9 Å². The standard InChI is InChI=1S/C12H13BrN4O/c1-17(2)9-3-4-10(14)11(5-9)18-12-15-6-8(13)7-16-12/h3-7H,14H2,1-2H3. The number of aromatic nitrogens is 2. The first kappa shape index (κ1) is 12.6. The predicted molar refractivity (Wildman–Crippen MR) is 75.0 cm³/mol. The molecule has 0 aliphatic heterocycles. The van der Waals surface area contributed by atoms with E-state index in [9.17, 15) is 0 Å². The highest BCUT2D eigenvalue weighted by atomic mass is 79.9. The number of ether oxygens (including phenoxy) is 1. The molecule has 5 nitrogen and oxygen atoms in total. The van der Waals surface area contributed by atoms with Crippen LogP contribution in [0.4, 0.5) is 11.4 Å². The number of hydrogen-bond donors (Lipinski definition) is 1. The molecule has 0 unspecified atom stereocenters. The molecule has 2 rings (SSSR count). The Hall–Kier alpha value is -1.82. The van der Waals surface area contributed by atoms with Gasteiger partial charge in [0, 0.05) is 38.2 Å². The summed E-state index contributed by atoms with van der Waals surface area (Å²) in [5.74, 6) is 0.545. The Morgan fingerprint density at radius 3 is 2.50 bits per heavy atom. The molecule has 0 saturated heterocycles. The van der Waals surface area contributed by atoms with Crippen LogP contribution in [0, 0.1) is 0 Å². The van der Waals surface area contributed by atoms with Gasteiger partial charge in [0.05, 0.1) is 10.2 Å². The Bertz CT molecular complexity index is 542. The van der Waals surface area contributed by atoms with E-state index in [1.165, 1.54) is 0 Å². The average Bonchev–Trinajstić information content (AvgIpc) is 2.34. The van der Waals surface area contributed by atoms with Crippen molar-refractivity contribution in [2.45, 2.75) is 0 Å². The summed E-state index contributed by atoms with van der Waals surface area (Å²) in [6.45, 7) is 0. The Morgan fingerprint density at radius 2 is 1.89 bits per heavy atom. The molecular formula is C12H13BrN4O. The lowest BCUT2D eigenvalue weighted by Crippen LogP contribution is -2.09. The maximum Gasteiger partial charge on any atom is 0.322 e. The zero-order valence-corrected chi connectivity index (χ0v) is 11.7. The first-order valence-electron chi connectivity index (χ1n) is 5.28. The van der Waals surface area contributed by atoms with E-state index in [1.807, 2.05) is 31.1 Å². The number of anilines is 2. The molecular weight excluding hydrogens is 296 g/mol. The van der Waals surface area contributed by atoms with Crippen LogP contribution in [0.1, 0.15) is 0 Å². The van der Waals surface area contributed by atoms with E-state index in [1.54, 1.807) is 18.5 Å². The molecule has 94 valence electrons. The van der Waals surface area contributed by atoms with Gasteiger partial charge in [-0.1, -0.05) is 0 Å². The summed E-state index contributed by atoms with van der Waals surface area (Å²) in [6, 6.07) is 5.83. The van der Waals surface area contributed by atoms with Crippen LogP contribution in [0.25, 0.3) is 0 Å². The highest BCUT2D eigenvalue weighted by molar-refractivity contribution is 9.10. The molecule has 0 spiro atoms. The lowest BCUT2D eigenvalue weighted by molar-refractivity contribution is 0.443. The second-order valence-electron chi connectivity index (χ2n) is 3.90. The predicted octanol–water partition coefficient (Wildman–Crippen LogP) is 2.68. The highest BCUT2D eigenvalue weighted by Gasteiger charge is 2.06. The van der Waals surface area contributed by atoms with E-state index in [0.29, 0.717) is 11.4 Å². The second-order valence-corrected chi connectivity index (χ2v) is 4.82. The third kappa shape index (κ3) is 2.89. The molecule has 1 aromatic heterocycles. The summed E-state index contributed by atoms with van der Waals surface area (Å²) in [7, 11) is 3.90. The SMILES string of the molecule is CN(C)c1ccc(N)c(Oc2ncc(Br)cn2)c1. The van der Waals surface area contributed by atoms with Gasteiger partial charge in [-0.15, -0.1) is 0 Å². The lowest BCUT2D eigenvalue weighted by atomic mass is 10.2. The highest BCUT2D eigenvalue weighted by Crippen LogP contribution is 2.29. The minimum absolute atomic E-state index is 0.265. The fourth-order valence-electron chi connectivity index (χ4n) is 1.34. The first-order valence-corrected chi connectivity index (χ1v) is 6.08. The number of nitrogens with zero attached hydrogens (tertiary/aromatic N) is 3. The van der Waals surface area contributed by atoms with Crippen LogP contribution in [-0.4, -0.2) is 24.1 Å². The van der Waals surface area contributed by atoms with Crippen LogP contribution in [-0.2, 0) is 0 Å². The molecule has 0 bridgehead atoms. The van der Waals surface area contributed by atoms with E-state index in [4.69, 9.17) is 10.5 Å². The van der Waals surface area contributed by atoms with E-state index < -0.39 is 0 Å². The van der Waals surface area contributed by atoms with Crippen molar-refractivity contribution in [2.24, 2.45) is 0 Å². The molecule has 1 heterocycles. The number of rotatable bonds is 3. The quantitative estimate of drug-likeness (QED) is 0.883. The van der Waals surface area contributed by atoms with Gasteiger partial charge in [0.25, 0.3) is 0 Å². The zero-order valence-electron chi connectivity index (χ0n) is 10.1. The summed E-state index contributed by atoms with van der Waals surface area (Å²) >= 11 is 3.26. The van der Waals surface area contributed by atoms with Gasteiger partial charge < -0.3 is 15.4 Å². The Labute approximate surface area is 114 Å². The molecule has 0 saturated carbocycles. The van der Waals surface area contributed by atoms with Crippen molar-refractivity contribution in [3.63, 3.8) is 0 Å². The summed E-state index contributed by atoms with van der Waals surface area (Å²) in [5, 5.41) is 0. The maximum absolute atomic E-state index is 5.86. The molecule has 0 aliphatic rings. The fourth-order valence-corrected chi connectivity index (χ4v) is 1.55. The van der Waals surface area contributed by atoms with Gasteiger partial charge >= 0.3 is 6.01 Å².